The molecule has 8 nitrogen and oxygen atoms in total. The third-order valence-corrected chi connectivity index (χ3v) is 6.68. The average molecular weight is 575 g/mol. The summed E-state index contributed by atoms with van der Waals surface area (Å²) in [6, 6.07) is 0. The monoisotopic (exact) mass is 574 g/mol. The number of likely N-dealkylation sites (tertiary alicyclic amines) is 1. The number of rotatable bonds is 6. The van der Waals surface area contributed by atoms with E-state index in [0.717, 1.165) is 68.8 Å². The number of hydrogen-bond acceptors (Lipinski definition) is 5. The Kier molecular flexibility index (Phi) is 10.9. The van der Waals surface area contributed by atoms with Gasteiger partial charge in [0.05, 0.1) is 12.2 Å². The number of piperidine rings is 1. The largest absolute Gasteiger partial charge is 0.361 e. The van der Waals surface area contributed by atoms with Gasteiger partial charge in [-0.25, -0.2) is 0 Å². The third-order valence-electron chi connectivity index (χ3n) is 6.68. The second kappa shape index (κ2) is 12.9. The number of aryl methyl sites for hydroxylation is 2. The van der Waals surface area contributed by atoms with E-state index in [1.54, 1.807) is 0 Å². The van der Waals surface area contributed by atoms with Crippen molar-refractivity contribution in [2.45, 2.75) is 53.9 Å². The van der Waals surface area contributed by atoms with Gasteiger partial charge in [-0.05, 0) is 39.0 Å². The van der Waals surface area contributed by atoms with E-state index in [9.17, 15) is 4.79 Å². The number of halogens is 1. The van der Waals surface area contributed by atoms with Crippen LogP contribution in [0.4, 0.5) is 0 Å². The maximum atomic E-state index is 12.8. The third kappa shape index (κ3) is 7.56. The number of carbonyl (C=O) groups excluding carboxylic acids is 1. The minimum atomic E-state index is 0. The fourth-order valence-corrected chi connectivity index (χ4v) is 5.21. The summed E-state index contributed by atoms with van der Waals surface area (Å²) in [5.41, 5.74) is 2.11. The lowest BCUT2D eigenvalue weighted by molar-refractivity contribution is -0.135. The smallest absolute Gasteiger partial charge is 0.236 e. The molecule has 3 rings (SSSR count). The summed E-state index contributed by atoms with van der Waals surface area (Å²) in [6.45, 7) is 20.1. The fraction of sp³-hybridized carbons (Fsp3) is 0.792. The lowest BCUT2D eigenvalue weighted by atomic mass is 9.92. The first-order valence-electron chi connectivity index (χ1n) is 12.2. The second-order valence-corrected chi connectivity index (χ2v) is 9.84. The van der Waals surface area contributed by atoms with Crippen molar-refractivity contribution in [2.75, 3.05) is 58.9 Å². The summed E-state index contributed by atoms with van der Waals surface area (Å²) < 4.78 is 5.32. The molecule has 0 spiro atoms. The molecule has 3 heterocycles. The van der Waals surface area contributed by atoms with Crippen LogP contribution in [0.3, 0.4) is 0 Å². The van der Waals surface area contributed by atoms with Gasteiger partial charge in [0.2, 0.25) is 5.91 Å². The van der Waals surface area contributed by atoms with E-state index in [2.05, 4.69) is 52.9 Å². The molecule has 0 radical (unpaired) electrons. The van der Waals surface area contributed by atoms with Crippen molar-refractivity contribution in [3.63, 3.8) is 0 Å². The SMILES string of the molecule is CCNC(=NCC(C)c1c(C)noc1C)N1CCN(CC(=O)N2CC(C)CC(C)C2)CC1.I. The van der Waals surface area contributed by atoms with Crippen LogP contribution >= 0.6 is 24.0 Å². The van der Waals surface area contributed by atoms with Crippen LogP contribution in [0.1, 0.15) is 57.1 Å². The number of aliphatic imine (C=N–C) groups is 1. The normalized spacial score (nSPS) is 23.3. The molecule has 0 aromatic carbocycles. The highest BCUT2D eigenvalue weighted by atomic mass is 127. The highest BCUT2D eigenvalue weighted by Gasteiger charge is 2.28. The Morgan fingerprint density at radius 1 is 1.15 bits per heavy atom. The molecule has 9 heteroatoms. The van der Waals surface area contributed by atoms with Crippen molar-refractivity contribution in [3.8, 4) is 0 Å². The minimum absolute atomic E-state index is 0. The van der Waals surface area contributed by atoms with Gasteiger partial charge in [-0.3, -0.25) is 14.7 Å². The maximum Gasteiger partial charge on any atom is 0.236 e. The van der Waals surface area contributed by atoms with Crippen molar-refractivity contribution < 1.29 is 9.32 Å². The Hall–Kier alpha value is -1.36. The van der Waals surface area contributed by atoms with Gasteiger partial charge in [-0.1, -0.05) is 25.9 Å². The summed E-state index contributed by atoms with van der Waals surface area (Å²) in [5.74, 6) is 3.58. The van der Waals surface area contributed by atoms with Gasteiger partial charge in [0.25, 0.3) is 0 Å². The summed E-state index contributed by atoms with van der Waals surface area (Å²) in [7, 11) is 0. The summed E-state index contributed by atoms with van der Waals surface area (Å²) in [4.78, 5) is 24.4. The highest BCUT2D eigenvalue weighted by molar-refractivity contribution is 14.0. The predicted molar refractivity (Wildman–Crippen MR) is 143 cm³/mol. The Bertz CT molecular complexity index is 760. The molecular formula is C24H43IN6O2. The number of aromatic nitrogens is 1. The van der Waals surface area contributed by atoms with E-state index in [4.69, 9.17) is 9.52 Å². The first kappa shape index (κ1) is 27.9. The van der Waals surface area contributed by atoms with Crippen LogP contribution in [0.5, 0.6) is 0 Å². The molecule has 1 amide bonds. The number of guanidine groups is 1. The molecule has 0 aliphatic carbocycles. The van der Waals surface area contributed by atoms with E-state index in [0.29, 0.717) is 24.9 Å². The second-order valence-electron chi connectivity index (χ2n) is 9.84. The quantitative estimate of drug-likeness (QED) is 0.320. The van der Waals surface area contributed by atoms with Crippen LogP contribution in [-0.2, 0) is 4.79 Å². The lowest BCUT2D eigenvalue weighted by Gasteiger charge is -2.39. The molecule has 2 saturated heterocycles. The fourth-order valence-electron chi connectivity index (χ4n) is 5.21. The van der Waals surface area contributed by atoms with Crippen LogP contribution in [-0.4, -0.2) is 90.6 Å². The zero-order valence-electron chi connectivity index (χ0n) is 21.3. The highest BCUT2D eigenvalue weighted by Crippen LogP contribution is 2.23. The van der Waals surface area contributed by atoms with E-state index in [1.807, 2.05) is 13.8 Å². The number of amides is 1. The minimum Gasteiger partial charge on any atom is -0.361 e. The number of nitrogens with zero attached hydrogens (tertiary/aromatic N) is 5. The topological polar surface area (TPSA) is 77.2 Å². The van der Waals surface area contributed by atoms with E-state index in [-0.39, 0.29) is 35.8 Å². The van der Waals surface area contributed by atoms with E-state index < -0.39 is 0 Å². The molecule has 2 aliphatic heterocycles. The molecule has 1 N–H and O–H groups in total. The standard InChI is InChI=1S/C24H42N6O2.HI/c1-7-25-24(26-13-19(4)23-20(5)27-32-21(23)6)29-10-8-28(9-11-29)16-22(31)30-14-17(2)12-18(3)15-30;/h17-19H,7-16H2,1-6H3,(H,25,26);1H. The van der Waals surface area contributed by atoms with Gasteiger partial charge >= 0.3 is 0 Å². The van der Waals surface area contributed by atoms with Gasteiger partial charge in [0.15, 0.2) is 5.96 Å². The van der Waals surface area contributed by atoms with Crippen LogP contribution in [0.15, 0.2) is 9.52 Å². The molecule has 3 unspecified atom stereocenters. The van der Waals surface area contributed by atoms with Crippen molar-refractivity contribution in [2.24, 2.45) is 16.8 Å². The molecular weight excluding hydrogens is 531 g/mol. The van der Waals surface area contributed by atoms with Crippen LogP contribution in [0.2, 0.25) is 0 Å². The number of nitrogens with one attached hydrogen (secondary N) is 1. The zero-order valence-corrected chi connectivity index (χ0v) is 23.6. The van der Waals surface area contributed by atoms with Gasteiger partial charge in [-0.2, -0.15) is 0 Å². The van der Waals surface area contributed by atoms with Gasteiger partial charge < -0.3 is 19.6 Å². The predicted octanol–water partition coefficient (Wildman–Crippen LogP) is 3.10. The molecule has 1 aromatic heterocycles. The Balaban J connectivity index is 0.00000385. The zero-order chi connectivity index (χ0) is 23.3. The summed E-state index contributed by atoms with van der Waals surface area (Å²) in [6.07, 6.45) is 1.23. The molecule has 2 fully saturated rings. The number of hydrogen-bond donors (Lipinski definition) is 1. The molecule has 3 atom stereocenters. The molecule has 188 valence electrons. The Morgan fingerprint density at radius 3 is 2.33 bits per heavy atom. The Labute approximate surface area is 216 Å². The molecule has 2 aliphatic rings. The molecule has 1 aromatic rings. The maximum absolute atomic E-state index is 12.8. The van der Waals surface area contributed by atoms with Crippen molar-refractivity contribution >= 4 is 35.8 Å². The van der Waals surface area contributed by atoms with E-state index >= 15 is 0 Å². The number of carbonyl (C=O) groups is 1. The lowest BCUT2D eigenvalue weighted by Crippen LogP contribution is -2.55. The van der Waals surface area contributed by atoms with Crippen molar-refractivity contribution in [1.82, 2.24) is 25.2 Å². The van der Waals surface area contributed by atoms with Gasteiger partial charge in [-0.15, -0.1) is 24.0 Å². The summed E-state index contributed by atoms with van der Waals surface area (Å²) in [5, 5.41) is 7.52. The van der Waals surface area contributed by atoms with Crippen molar-refractivity contribution in [1.29, 1.82) is 0 Å². The van der Waals surface area contributed by atoms with Crippen LogP contribution in [0, 0.1) is 25.7 Å². The van der Waals surface area contributed by atoms with Crippen LogP contribution in [0.25, 0.3) is 0 Å². The van der Waals surface area contributed by atoms with Gasteiger partial charge in [0, 0.05) is 63.8 Å². The first-order valence-corrected chi connectivity index (χ1v) is 12.2. The van der Waals surface area contributed by atoms with Gasteiger partial charge in [0.1, 0.15) is 5.76 Å². The Morgan fingerprint density at radius 2 is 1.79 bits per heavy atom. The van der Waals surface area contributed by atoms with E-state index in [1.165, 1.54) is 6.42 Å². The molecule has 0 saturated carbocycles. The average Bonchev–Trinajstić information content (AvgIpc) is 3.09. The molecule has 0 bridgehead atoms. The number of piperazine rings is 1. The molecule has 33 heavy (non-hydrogen) atoms. The van der Waals surface area contributed by atoms with Crippen LogP contribution < -0.4 is 5.32 Å². The van der Waals surface area contributed by atoms with Crippen molar-refractivity contribution in [3.05, 3.63) is 17.0 Å². The first-order chi connectivity index (χ1) is 15.3. The summed E-state index contributed by atoms with van der Waals surface area (Å²) >= 11 is 0.